The predicted octanol–water partition coefficient (Wildman–Crippen LogP) is 3.98. The first-order chi connectivity index (χ1) is 17.5. The van der Waals surface area contributed by atoms with Gasteiger partial charge in [0, 0.05) is 18.7 Å². The van der Waals surface area contributed by atoms with Crippen LogP contribution >= 0.6 is 0 Å². The molecule has 5 aromatic rings. The fraction of sp³-hybridized carbons (Fsp3) is 0.259. The van der Waals surface area contributed by atoms with E-state index < -0.39 is 0 Å². The molecule has 0 radical (unpaired) electrons. The van der Waals surface area contributed by atoms with Gasteiger partial charge in [-0.25, -0.2) is 4.68 Å². The average Bonchev–Trinajstić information content (AvgIpc) is 3.53. The van der Waals surface area contributed by atoms with E-state index >= 15 is 0 Å². The van der Waals surface area contributed by atoms with E-state index in [4.69, 9.17) is 9.15 Å². The molecular formula is C27H28N6O3. The maximum Gasteiger partial charge on any atom is 0.252 e. The van der Waals surface area contributed by atoms with E-state index in [-0.39, 0.29) is 5.56 Å². The molecule has 0 atom stereocenters. The minimum absolute atomic E-state index is 0.0932. The van der Waals surface area contributed by atoms with E-state index in [1.165, 1.54) is 0 Å². The average molecular weight is 485 g/mol. The molecular weight excluding hydrogens is 456 g/mol. The van der Waals surface area contributed by atoms with Gasteiger partial charge < -0.3 is 14.1 Å². The lowest BCUT2D eigenvalue weighted by molar-refractivity contribution is 0.235. The molecule has 0 amide bonds. The quantitative estimate of drug-likeness (QED) is 0.338. The summed E-state index contributed by atoms with van der Waals surface area (Å²) < 4.78 is 12.5. The van der Waals surface area contributed by atoms with Crippen LogP contribution in [0.3, 0.4) is 0 Å². The van der Waals surface area contributed by atoms with Crippen molar-refractivity contribution in [1.82, 2.24) is 30.1 Å². The van der Waals surface area contributed by atoms with E-state index in [9.17, 15) is 4.79 Å². The molecule has 0 aliphatic heterocycles. The van der Waals surface area contributed by atoms with Crippen LogP contribution in [0.4, 0.5) is 0 Å². The number of pyridine rings is 1. The summed E-state index contributed by atoms with van der Waals surface area (Å²) in [5.41, 5.74) is 4.77. The van der Waals surface area contributed by atoms with Crippen LogP contribution in [0.1, 0.15) is 33.8 Å². The van der Waals surface area contributed by atoms with Gasteiger partial charge in [-0.3, -0.25) is 9.69 Å². The number of benzene rings is 2. The third-order valence-corrected chi connectivity index (χ3v) is 6.19. The molecule has 0 aliphatic carbocycles. The molecule has 9 nitrogen and oxygen atoms in total. The van der Waals surface area contributed by atoms with Crippen molar-refractivity contribution in [3.8, 4) is 5.75 Å². The highest BCUT2D eigenvalue weighted by Crippen LogP contribution is 2.20. The topological polar surface area (TPSA) is 102 Å². The number of H-pyrrole nitrogens is 1. The second-order valence-corrected chi connectivity index (χ2v) is 9.00. The van der Waals surface area contributed by atoms with Gasteiger partial charge in [-0.2, -0.15) is 0 Å². The number of fused-ring (bicyclic) bond motifs is 1. The van der Waals surface area contributed by atoms with E-state index in [1.807, 2.05) is 49.4 Å². The maximum atomic E-state index is 13.1. The number of furan rings is 1. The summed E-state index contributed by atoms with van der Waals surface area (Å²) in [6.07, 6.45) is 1.63. The van der Waals surface area contributed by atoms with Crippen LogP contribution in [0, 0.1) is 13.8 Å². The molecule has 0 aliphatic rings. The number of nitrogens with zero attached hydrogens (tertiary/aromatic N) is 5. The maximum absolute atomic E-state index is 13.1. The molecule has 2 aromatic carbocycles. The molecule has 0 saturated carbocycles. The Labute approximate surface area is 208 Å². The van der Waals surface area contributed by atoms with Crippen molar-refractivity contribution in [2.75, 3.05) is 7.11 Å². The van der Waals surface area contributed by atoms with Crippen molar-refractivity contribution in [2.24, 2.45) is 0 Å². The molecule has 1 N–H and O–H groups in total. The molecule has 5 rings (SSSR count). The molecule has 0 bridgehead atoms. The Balaban J connectivity index is 1.46. The van der Waals surface area contributed by atoms with Crippen LogP contribution in [0.5, 0.6) is 5.75 Å². The lowest BCUT2D eigenvalue weighted by Gasteiger charge is -2.22. The molecule has 0 saturated heterocycles. The Kier molecular flexibility index (Phi) is 6.64. The number of aromatic amines is 1. The van der Waals surface area contributed by atoms with E-state index in [0.717, 1.165) is 39.1 Å². The van der Waals surface area contributed by atoms with Crippen LogP contribution in [0.15, 0.2) is 70.1 Å². The number of rotatable bonds is 9. The van der Waals surface area contributed by atoms with Crippen molar-refractivity contribution >= 4 is 10.9 Å². The number of ether oxygens (including phenoxy) is 1. The van der Waals surface area contributed by atoms with Gasteiger partial charge in [-0.15, -0.1) is 5.10 Å². The number of nitrogens with one attached hydrogen (secondary N) is 1. The number of hydrogen-bond acceptors (Lipinski definition) is 7. The molecule has 9 heteroatoms. The summed E-state index contributed by atoms with van der Waals surface area (Å²) in [5.74, 6) is 2.25. The lowest BCUT2D eigenvalue weighted by atomic mass is 10.0. The number of tetrazole rings is 1. The van der Waals surface area contributed by atoms with E-state index in [2.05, 4.69) is 44.5 Å². The first-order valence-corrected chi connectivity index (χ1v) is 11.7. The van der Waals surface area contributed by atoms with Gasteiger partial charge in [0.25, 0.3) is 5.56 Å². The fourth-order valence-electron chi connectivity index (χ4n) is 4.46. The second kappa shape index (κ2) is 10.2. The molecule has 0 fully saturated rings. The molecule has 3 aromatic heterocycles. The zero-order valence-corrected chi connectivity index (χ0v) is 20.6. The van der Waals surface area contributed by atoms with Crippen LogP contribution in [0.25, 0.3) is 10.9 Å². The Bertz CT molecular complexity index is 1520. The minimum Gasteiger partial charge on any atom is -0.497 e. The highest BCUT2D eigenvalue weighted by molar-refractivity contribution is 5.82. The lowest BCUT2D eigenvalue weighted by Crippen LogP contribution is -2.28. The van der Waals surface area contributed by atoms with Gasteiger partial charge in [0.15, 0.2) is 5.82 Å². The molecule has 184 valence electrons. The van der Waals surface area contributed by atoms with Gasteiger partial charge in [0.05, 0.1) is 25.4 Å². The fourth-order valence-corrected chi connectivity index (χ4v) is 4.46. The van der Waals surface area contributed by atoms with Gasteiger partial charge in [-0.1, -0.05) is 23.8 Å². The second-order valence-electron chi connectivity index (χ2n) is 9.00. The third-order valence-electron chi connectivity index (χ3n) is 6.19. The number of aromatic nitrogens is 5. The van der Waals surface area contributed by atoms with Crippen LogP contribution < -0.4 is 10.3 Å². The van der Waals surface area contributed by atoms with Crippen LogP contribution in [0.2, 0.25) is 0 Å². The van der Waals surface area contributed by atoms with Crippen molar-refractivity contribution in [3.05, 3.63) is 105 Å². The summed E-state index contributed by atoms with van der Waals surface area (Å²) in [6.45, 7) is 5.98. The molecule has 36 heavy (non-hydrogen) atoms. The highest BCUT2D eigenvalue weighted by atomic mass is 16.5. The zero-order chi connectivity index (χ0) is 25.1. The summed E-state index contributed by atoms with van der Waals surface area (Å²) in [5, 5.41) is 13.3. The smallest absolute Gasteiger partial charge is 0.252 e. The summed E-state index contributed by atoms with van der Waals surface area (Å²) >= 11 is 0. The Morgan fingerprint density at radius 1 is 1.06 bits per heavy atom. The molecule has 0 unspecified atom stereocenters. The summed E-state index contributed by atoms with van der Waals surface area (Å²) in [4.78, 5) is 18.3. The SMILES string of the molecule is COc1ccc(CN(Cc2cc3cc(C)cc(C)c3[nH]c2=O)Cc2nnnn2Cc2ccco2)cc1. The molecule has 0 spiro atoms. The minimum atomic E-state index is -0.0932. The Morgan fingerprint density at radius 3 is 2.64 bits per heavy atom. The monoisotopic (exact) mass is 484 g/mol. The van der Waals surface area contributed by atoms with E-state index in [1.54, 1.807) is 18.1 Å². The Morgan fingerprint density at radius 2 is 1.89 bits per heavy atom. The first kappa shape index (κ1) is 23.5. The number of aryl methyl sites for hydroxylation is 2. The zero-order valence-electron chi connectivity index (χ0n) is 20.6. The van der Waals surface area contributed by atoms with Crippen LogP contribution in [-0.2, 0) is 26.2 Å². The number of methoxy groups -OCH3 is 1. The van der Waals surface area contributed by atoms with Gasteiger partial charge in [-0.05, 0) is 77.2 Å². The van der Waals surface area contributed by atoms with E-state index in [0.29, 0.717) is 37.6 Å². The standard InChI is InChI=1S/C27H28N6O3/c1-18-11-19(2)26-21(12-18)13-22(27(34)28-26)15-32(14-20-6-8-23(35-3)9-7-20)17-25-29-30-31-33(25)16-24-5-4-10-36-24/h4-13H,14-17H2,1-3H3,(H,28,34). The van der Waals surface area contributed by atoms with Crippen molar-refractivity contribution in [3.63, 3.8) is 0 Å². The van der Waals surface area contributed by atoms with Crippen molar-refractivity contribution < 1.29 is 9.15 Å². The third kappa shape index (κ3) is 5.21. The van der Waals surface area contributed by atoms with Crippen molar-refractivity contribution in [1.29, 1.82) is 0 Å². The summed E-state index contributed by atoms with van der Waals surface area (Å²) in [6, 6.07) is 17.8. The highest BCUT2D eigenvalue weighted by Gasteiger charge is 2.17. The normalized spacial score (nSPS) is 11.4. The van der Waals surface area contributed by atoms with Crippen molar-refractivity contribution in [2.45, 2.75) is 40.0 Å². The van der Waals surface area contributed by atoms with Gasteiger partial charge >= 0.3 is 0 Å². The first-order valence-electron chi connectivity index (χ1n) is 11.7. The molecule has 3 heterocycles. The predicted molar refractivity (Wildman–Crippen MR) is 136 cm³/mol. The summed E-state index contributed by atoms with van der Waals surface area (Å²) in [7, 11) is 1.65. The van der Waals surface area contributed by atoms with Crippen LogP contribution in [-0.4, -0.2) is 37.2 Å². The largest absolute Gasteiger partial charge is 0.497 e. The van der Waals surface area contributed by atoms with Gasteiger partial charge in [0.2, 0.25) is 0 Å². The number of hydrogen-bond donors (Lipinski definition) is 1. The Hall–Kier alpha value is -4.24. The van der Waals surface area contributed by atoms with Gasteiger partial charge in [0.1, 0.15) is 18.1 Å².